The molecule has 23 heavy (non-hydrogen) atoms. The van der Waals surface area contributed by atoms with Gasteiger partial charge in [0.15, 0.2) is 5.75 Å². The Bertz CT molecular complexity index is 989. The molecule has 0 saturated heterocycles. The number of aromatic nitrogens is 1. The molecule has 3 rings (SSSR count). The van der Waals surface area contributed by atoms with Crippen molar-refractivity contribution in [1.29, 1.82) is 0 Å². The lowest BCUT2D eigenvalue weighted by Crippen LogP contribution is -2.12. The van der Waals surface area contributed by atoms with Crippen LogP contribution in [0.5, 0.6) is 5.75 Å². The summed E-state index contributed by atoms with van der Waals surface area (Å²) in [5.74, 6) is 0.237. The highest BCUT2D eigenvalue weighted by Crippen LogP contribution is 2.28. The first-order valence-electron chi connectivity index (χ1n) is 7.24. The molecule has 0 bridgehead atoms. The van der Waals surface area contributed by atoms with Gasteiger partial charge in [-0.1, -0.05) is 24.3 Å². The van der Waals surface area contributed by atoms with Crippen molar-refractivity contribution in [3.05, 3.63) is 65.4 Å². The molecular formula is C18H17NO3S. The van der Waals surface area contributed by atoms with Crippen molar-refractivity contribution in [2.24, 2.45) is 0 Å². The number of pyridine rings is 1. The second-order valence-corrected chi connectivity index (χ2v) is 7.09. The molecule has 2 aromatic carbocycles. The predicted molar refractivity (Wildman–Crippen MR) is 90.2 cm³/mol. The predicted octanol–water partition coefficient (Wildman–Crippen LogP) is 3.93. The van der Waals surface area contributed by atoms with Crippen molar-refractivity contribution >= 4 is 21.0 Å². The first-order chi connectivity index (χ1) is 10.9. The lowest BCUT2D eigenvalue weighted by molar-refractivity contribution is 0.487. The van der Waals surface area contributed by atoms with E-state index in [9.17, 15) is 8.42 Å². The molecule has 0 N–H and O–H groups in total. The van der Waals surface area contributed by atoms with E-state index in [0.29, 0.717) is 11.1 Å². The number of hydrogen-bond acceptors (Lipinski definition) is 4. The van der Waals surface area contributed by atoms with Crippen LogP contribution in [0.1, 0.15) is 16.7 Å². The quantitative estimate of drug-likeness (QED) is 0.684. The minimum atomic E-state index is -3.91. The van der Waals surface area contributed by atoms with E-state index in [1.54, 1.807) is 37.4 Å². The Labute approximate surface area is 135 Å². The molecule has 3 aromatic rings. The minimum Gasteiger partial charge on any atom is -0.377 e. The van der Waals surface area contributed by atoms with E-state index < -0.39 is 10.1 Å². The number of aryl methyl sites for hydroxylation is 3. The molecule has 118 valence electrons. The van der Waals surface area contributed by atoms with E-state index in [1.165, 1.54) is 0 Å². The maximum absolute atomic E-state index is 12.7. The molecule has 0 spiro atoms. The third-order valence-electron chi connectivity index (χ3n) is 3.86. The van der Waals surface area contributed by atoms with E-state index in [4.69, 9.17) is 4.18 Å². The van der Waals surface area contributed by atoms with Gasteiger partial charge in [-0.2, -0.15) is 8.42 Å². The van der Waals surface area contributed by atoms with Gasteiger partial charge in [-0.25, -0.2) is 0 Å². The van der Waals surface area contributed by atoms with Gasteiger partial charge in [0.1, 0.15) is 10.4 Å². The van der Waals surface area contributed by atoms with Gasteiger partial charge in [-0.05, 0) is 55.7 Å². The van der Waals surface area contributed by atoms with Crippen LogP contribution >= 0.6 is 0 Å². The van der Waals surface area contributed by atoms with Gasteiger partial charge in [0.2, 0.25) is 0 Å². The van der Waals surface area contributed by atoms with Gasteiger partial charge in [-0.15, -0.1) is 0 Å². The van der Waals surface area contributed by atoms with Crippen molar-refractivity contribution in [2.45, 2.75) is 25.7 Å². The van der Waals surface area contributed by atoms with E-state index >= 15 is 0 Å². The molecule has 1 heterocycles. The van der Waals surface area contributed by atoms with E-state index in [2.05, 4.69) is 4.98 Å². The molecular weight excluding hydrogens is 310 g/mol. The number of fused-ring (bicyclic) bond motifs is 1. The molecule has 0 saturated carbocycles. The summed E-state index contributed by atoms with van der Waals surface area (Å²) in [5, 5.41) is 0.831. The average Bonchev–Trinajstić information content (AvgIpc) is 2.51. The van der Waals surface area contributed by atoms with Crippen molar-refractivity contribution < 1.29 is 12.6 Å². The van der Waals surface area contributed by atoms with Crippen LogP contribution in [0, 0.1) is 20.8 Å². The summed E-state index contributed by atoms with van der Waals surface area (Å²) in [6.45, 7) is 5.60. The maximum Gasteiger partial charge on any atom is 0.339 e. The lowest BCUT2D eigenvalue weighted by Gasteiger charge is -2.12. The van der Waals surface area contributed by atoms with Crippen LogP contribution in [-0.4, -0.2) is 13.4 Å². The second kappa shape index (κ2) is 5.66. The Morgan fingerprint density at radius 3 is 2.39 bits per heavy atom. The zero-order valence-electron chi connectivity index (χ0n) is 13.2. The molecule has 0 radical (unpaired) electrons. The molecule has 0 aliphatic carbocycles. The first-order valence-corrected chi connectivity index (χ1v) is 8.65. The van der Waals surface area contributed by atoms with Gasteiger partial charge >= 0.3 is 10.1 Å². The third-order valence-corrected chi connectivity index (χ3v) is 5.23. The fourth-order valence-electron chi connectivity index (χ4n) is 2.51. The van der Waals surface area contributed by atoms with Crippen molar-refractivity contribution in [3.8, 4) is 5.75 Å². The van der Waals surface area contributed by atoms with Gasteiger partial charge in [-0.3, -0.25) is 4.98 Å². The molecule has 0 aliphatic heterocycles. The smallest absolute Gasteiger partial charge is 0.339 e. The summed E-state index contributed by atoms with van der Waals surface area (Å²) in [4.78, 5) is 4.41. The standard InChI is InChI=1S/C18H17NO3S/c1-12-10-14(3)17(11-13(12)2)23(20,21)22-16-8-4-6-15-7-5-9-19-18(15)16/h4-11H,1-3H3. The Morgan fingerprint density at radius 2 is 1.61 bits per heavy atom. The molecule has 5 heteroatoms. The van der Waals surface area contributed by atoms with Crippen molar-refractivity contribution in [2.75, 3.05) is 0 Å². The van der Waals surface area contributed by atoms with E-state index in [1.807, 2.05) is 32.0 Å². The van der Waals surface area contributed by atoms with Gasteiger partial charge in [0.25, 0.3) is 0 Å². The second-order valence-electron chi connectivity index (χ2n) is 5.57. The number of hydrogen-bond donors (Lipinski definition) is 0. The minimum absolute atomic E-state index is 0.188. The Kier molecular flexibility index (Phi) is 3.82. The van der Waals surface area contributed by atoms with Crippen LogP contribution in [0.3, 0.4) is 0 Å². The SMILES string of the molecule is Cc1cc(C)c(S(=O)(=O)Oc2cccc3cccnc23)cc1C. The topological polar surface area (TPSA) is 56.3 Å². The van der Waals surface area contributed by atoms with E-state index in [0.717, 1.165) is 16.5 Å². The first kappa shape index (κ1) is 15.5. The number of nitrogens with zero attached hydrogens (tertiary/aromatic N) is 1. The van der Waals surface area contributed by atoms with Crippen LogP contribution in [0.15, 0.2) is 53.6 Å². The van der Waals surface area contributed by atoms with Crippen LogP contribution in [0.25, 0.3) is 10.9 Å². The largest absolute Gasteiger partial charge is 0.377 e. The van der Waals surface area contributed by atoms with Gasteiger partial charge in [0.05, 0.1) is 0 Å². The summed E-state index contributed by atoms with van der Waals surface area (Å²) < 4.78 is 30.7. The third kappa shape index (κ3) is 2.92. The summed E-state index contributed by atoms with van der Waals surface area (Å²) in [7, 11) is -3.91. The number of rotatable bonds is 3. The number of para-hydroxylation sites is 1. The zero-order valence-corrected chi connectivity index (χ0v) is 14.0. The summed E-state index contributed by atoms with van der Waals surface area (Å²) >= 11 is 0. The normalized spacial score (nSPS) is 11.6. The zero-order chi connectivity index (χ0) is 16.6. The van der Waals surface area contributed by atoms with Crippen LogP contribution < -0.4 is 4.18 Å². The van der Waals surface area contributed by atoms with Gasteiger partial charge < -0.3 is 4.18 Å². The summed E-state index contributed by atoms with van der Waals surface area (Å²) in [5.41, 5.74) is 3.16. The molecule has 4 nitrogen and oxygen atoms in total. The molecule has 0 amide bonds. The molecule has 0 unspecified atom stereocenters. The monoisotopic (exact) mass is 327 g/mol. The molecule has 0 aliphatic rings. The highest BCUT2D eigenvalue weighted by atomic mass is 32.2. The van der Waals surface area contributed by atoms with Crippen molar-refractivity contribution in [1.82, 2.24) is 4.98 Å². The molecule has 1 aromatic heterocycles. The highest BCUT2D eigenvalue weighted by molar-refractivity contribution is 7.87. The maximum atomic E-state index is 12.7. The van der Waals surface area contributed by atoms with Gasteiger partial charge in [0, 0.05) is 11.6 Å². The van der Waals surface area contributed by atoms with Crippen molar-refractivity contribution in [3.63, 3.8) is 0 Å². The fourth-order valence-corrected chi connectivity index (χ4v) is 3.74. The Balaban J connectivity index is 2.09. The number of benzene rings is 2. The summed E-state index contributed by atoms with van der Waals surface area (Å²) in [6, 6.07) is 12.4. The van der Waals surface area contributed by atoms with Crippen LogP contribution in [0.4, 0.5) is 0 Å². The Hall–Kier alpha value is -2.40. The fraction of sp³-hybridized carbons (Fsp3) is 0.167. The van der Waals surface area contributed by atoms with E-state index in [-0.39, 0.29) is 10.6 Å². The summed E-state index contributed by atoms with van der Waals surface area (Å²) in [6.07, 6.45) is 1.61. The molecule has 0 fully saturated rings. The van der Waals surface area contributed by atoms with Crippen LogP contribution in [-0.2, 0) is 10.1 Å². The van der Waals surface area contributed by atoms with Crippen LogP contribution in [0.2, 0.25) is 0 Å². The average molecular weight is 327 g/mol. The molecule has 0 atom stereocenters. The Morgan fingerprint density at radius 1 is 0.913 bits per heavy atom. The lowest BCUT2D eigenvalue weighted by atomic mass is 10.1. The highest BCUT2D eigenvalue weighted by Gasteiger charge is 2.21.